The number of aromatic nitrogens is 1. The molecule has 0 aliphatic rings. The van der Waals surface area contributed by atoms with Crippen LogP contribution in [0.3, 0.4) is 0 Å². The van der Waals surface area contributed by atoms with Gasteiger partial charge in [0.25, 0.3) is 0 Å². The Morgan fingerprint density at radius 2 is 2.00 bits per heavy atom. The molecule has 0 bridgehead atoms. The number of nitrogens with two attached hydrogens (primary N) is 2. The molecule has 0 spiro atoms. The fraction of sp³-hybridized carbons (Fsp3) is 0.154. The van der Waals surface area contributed by atoms with Gasteiger partial charge in [0.05, 0.1) is 11.1 Å². The first-order valence-electron chi connectivity index (χ1n) is 5.41. The highest BCUT2D eigenvalue weighted by molar-refractivity contribution is 9.10. The number of nitrogen functional groups attached to an aromatic ring is 1. The summed E-state index contributed by atoms with van der Waals surface area (Å²) in [6, 6.07) is 7.38. The Bertz CT molecular complexity index is 586. The highest BCUT2D eigenvalue weighted by atomic mass is 79.9. The predicted octanol–water partition coefficient (Wildman–Crippen LogP) is 3.44. The molecule has 0 aliphatic carbocycles. The lowest BCUT2D eigenvalue weighted by Crippen LogP contribution is -2.15. The molecule has 0 saturated carbocycles. The van der Waals surface area contributed by atoms with E-state index in [1.807, 2.05) is 25.1 Å². The summed E-state index contributed by atoms with van der Waals surface area (Å²) in [5.74, 6) is 0.411. The standard InChI is InChI=1S/C13H13BrClN3/c1-7-4-8(14)2-3-10(7)12(16)11-5-9(15)6-18-13(11)17/h2-6,12H,16H2,1H3,(H2,17,18). The summed E-state index contributed by atoms with van der Waals surface area (Å²) >= 11 is 9.36. The van der Waals surface area contributed by atoms with Crippen molar-refractivity contribution in [2.24, 2.45) is 5.73 Å². The first-order valence-corrected chi connectivity index (χ1v) is 6.58. The normalized spacial score (nSPS) is 12.4. The van der Waals surface area contributed by atoms with Gasteiger partial charge in [0, 0.05) is 16.2 Å². The Morgan fingerprint density at radius 3 is 2.67 bits per heavy atom. The molecule has 2 aromatic rings. The molecule has 0 fully saturated rings. The molecule has 0 saturated heterocycles. The van der Waals surface area contributed by atoms with Gasteiger partial charge < -0.3 is 11.5 Å². The molecule has 1 unspecified atom stereocenters. The Labute approximate surface area is 119 Å². The Morgan fingerprint density at radius 1 is 1.28 bits per heavy atom. The van der Waals surface area contributed by atoms with Crippen molar-refractivity contribution in [3.63, 3.8) is 0 Å². The van der Waals surface area contributed by atoms with Gasteiger partial charge in [-0.1, -0.05) is 33.6 Å². The SMILES string of the molecule is Cc1cc(Br)ccc1C(N)c1cc(Cl)cnc1N. The molecule has 1 aromatic heterocycles. The van der Waals surface area contributed by atoms with Gasteiger partial charge in [-0.25, -0.2) is 4.98 Å². The van der Waals surface area contributed by atoms with Crippen molar-refractivity contribution < 1.29 is 0 Å². The van der Waals surface area contributed by atoms with Crippen LogP contribution in [-0.2, 0) is 0 Å². The molecule has 94 valence electrons. The van der Waals surface area contributed by atoms with Crippen molar-refractivity contribution in [3.05, 3.63) is 56.6 Å². The average Bonchev–Trinajstić information content (AvgIpc) is 2.31. The number of hydrogen-bond acceptors (Lipinski definition) is 3. The lowest BCUT2D eigenvalue weighted by atomic mass is 9.96. The summed E-state index contributed by atoms with van der Waals surface area (Å²) in [5, 5.41) is 0.532. The van der Waals surface area contributed by atoms with Crippen LogP contribution in [0.15, 0.2) is 34.9 Å². The molecule has 0 radical (unpaired) electrons. The lowest BCUT2D eigenvalue weighted by Gasteiger charge is -2.17. The van der Waals surface area contributed by atoms with Crippen molar-refractivity contribution in [3.8, 4) is 0 Å². The fourth-order valence-corrected chi connectivity index (χ4v) is 2.51. The van der Waals surface area contributed by atoms with E-state index < -0.39 is 0 Å². The Balaban J connectivity index is 2.47. The number of benzene rings is 1. The lowest BCUT2D eigenvalue weighted by molar-refractivity contribution is 0.858. The van der Waals surface area contributed by atoms with Gasteiger partial charge in [-0.3, -0.25) is 0 Å². The van der Waals surface area contributed by atoms with E-state index in [1.165, 1.54) is 6.20 Å². The van der Waals surface area contributed by atoms with Crippen LogP contribution in [0.25, 0.3) is 0 Å². The molecule has 0 amide bonds. The Hall–Kier alpha value is -1.10. The number of nitrogens with zero attached hydrogens (tertiary/aromatic N) is 1. The van der Waals surface area contributed by atoms with Crippen LogP contribution in [0, 0.1) is 6.92 Å². The van der Waals surface area contributed by atoms with Crippen molar-refractivity contribution in [2.45, 2.75) is 13.0 Å². The van der Waals surface area contributed by atoms with Gasteiger partial charge in [-0.2, -0.15) is 0 Å². The first kappa shape index (κ1) is 13.3. The number of hydrogen-bond donors (Lipinski definition) is 2. The zero-order valence-electron chi connectivity index (χ0n) is 9.82. The predicted molar refractivity (Wildman–Crippen MR) is 78.6 cm³/mol. The van der Waals surface area contributed by atoms with Gasteiger partial charge >= 0.3 is 0 Å². The highest BCUT2D eigenvalue weighted by Crippen LogP contribution is 2.29. The number of aryl methyl sites for hydroxylation is 1. The molecule has 1 aromatic carbocycles. The highest BCUT2D eigenvalue weighted by Gasteiger charge is 2.15. The second-order valence-corrected chi connectivity index (χ2v) is 5.46. The molecule has 0 aliphatic heterocycles. The number of halogens is 2. The maximum absolute atomic E-state index is 6.24. The topological polar surface area (TPSA) is 64.9 Å². The quantitative estimate of drug-likeness (QED) is 0.888. The van der Waals surface area contributed by atoms with Crippen molar-refractivity contribution >= 4 is 33.3 Å². The first-order chi connectivity index (χ1) is 8.49. The van der Waals surface area contributed by atoms with Crippen molar-refractivity contribution in [1.82, 2.24) is 4.98 Å². The van der Waals surface area contributed by atoms with Crippen LogP contribution in [0.5, 0.6) is 0 Å². The molecule has 2 rings (SSSR count). The van der Waals surface area contributed by atoms with E-state index in [0.29, 0.717) is 10.8 Å². The molecule has 18 heavy (non-hydrogen) atoms. The van der Waals surface area contributed by atoms with Gasteiger partial charge in [0.2, 0.25) is 0 Å². The summed E-state index contributed by atoms with van der Waals surface area (Å²) in [7, 11) is 0. The van der Waals surface area contributed by atoms with Crippen LogP contribution < -0.4 is 11.5 Å². The summed E-state index contributed by atoms with van der Waals surface area (Å²) in [5.41, 5.74) is 14.9. The van der Waals surface area contributed by atoms with Gasteiger partial charge in [-0.15, -0.1) is 0 Å². The third-order valence-electron chi connectivity index (χ3n) is 2.82. The van der Waals surface area contributed by atoms with Crippen LogP contribution in [0.2, 0.25) is 5.02 Å². The second kappa shape index (κ2) is 5.26. The monoisotopic (exact) mass is 325 g/mol. The van der Waals surface area contributed by atoms with Crippen LogP contribution >= 0.6 is 27.5 Å². The van der Waals surface area contributed by atoms with Crippen LogP contribution in [0.1, 0.15) is 22.7 Å². The largest absolute Gasteiger partial charge is 0.383 e. The van der Waals surface area contributed by atoms with E-state index in [1.54, 1.807) is 6.07 Å². The number of rotatable bonds is 2. The van der Waals surface area contributed by atoms with Crippen molar-refractivity contribution in [1.29, 1.82) is 0 Å². The second-order valence-electron chi connectivity index (χ2n) is 4.11. The van der Waals surface area contributed by atoms with E-state index in [-0.39, 0.29) is 6.04 Å². The van der Waals surface area contributed by atoms with Gasteiger partial charge in [0.1, 0.15) is 5.82 Å². The van der Waals surface area contributed by atoms with Gasteiger partial charge in [-0.05, 0) is 36.2 Å². The maximum atomic E-state index is 6.24. The molecule has 5 heteroatoms. The minimum absolute atomic E-state index is 0.329. The Kier molecular flexibility index (Phi) is 3.90. The zero-order valence-corrected chi connectivity index (χ0v) is 12.2. The van der Waals surface area contributed by atoms with E-state index in [2.05, 4.69) is 20.9 Å². The molecule has 1 atom stereocenters. The third kappa shape index (κ3) is 2.66. The third-order valence-corrected chi connectivity index (χ3v) is 3.52. The van der Waals surface area contributed by atoms with Gasteiger partial charge in [0.15, 0.2) is 0 Å². The molecular weight excluding hydrogens is 314 g/mol. The summed E-state index contributed by atoms with van der Waals surface area (Å²) < 4.78 is 1.02. The van der Waals surface area contributed by atoms with Crippen LogP contribution in [-0.4, -0.2) is 4.98 Å². The van der Waals surface area contributed by atoms with E-state index in [9.17, 15) is 0 Å². The van der Waals surface area contributed by atoms with Crippen molar-refractivity contribution in [2.75, 3.05) is 5.73 Å². The van der Waals surface area contributed by atoms with Crippen LogP contribution in [0.4, 0.5) is 5.82 Å². The fourth-order valence-electron chi connectivity index (χ4n) is 1.87. The molecule has 4 N–H and O–H groups in total. The smallest absolute Gasteiger partial charge is 0.128 e. The van der Waals surface area contributed by atoms with E-state index in [4.69, 9.17) is 23.1 Å². The summed E-state index contributed by atoms with van der Waals surface area (Å²) in [4.78, 5) is 4.03. The molecule has 3 nitrogen and oxygen atoms in total. The molecule has 1 heterocycles. The van der Waals surface area contributed by atoms with E-state index in [0.717, 1.165) is 21.2 Å². The minimum atomic E-state index is -0.329. The van der Waals surface area contributed by atoms with E-state index >= 15 is 0 Å². The zero-order chi connectivity index (χ0) is 13.3. The summed E-state index contributed by atoms with van der Waals surface area (Å²) in [6.45, 7) is 2.01. The maximum Gasteiger partial charge on any atom is 0.128 e. The number of pyridine rings is 1. The minimum Gasteiger partial charge on any atom is -0.383 e. The number of anilines is 1. The average molecular weight is 327 g/mol. The summed E-state index contributed by atoms with van der Waals surface area (Å²) in [6.07, 6.45) is 1.52. The molecular formula is C13H13BrClN3.